The summed E-state index contributed by atoms with van der Waals surface area (Å²) in [6.07, 6.45) is 0. The molecule has 0 unspecified atom stereocenters. The van der Waals surface area contributed by atoms with E-state index < -0.39 is 0 Å². The maximum atomic E-state index is 11.0. The second-order valence-electron chi connectivity index (χ2n) is 9.72. The Bertz CT molecular complexity index is 754. The summed E-state index contributed by atoms with van der Waals surface area (Å²) in [5, 5.41) is 22.0. The van der Waals surface area contributed by atoms with Gasteiger partial charge in [0.25, 0.3) is 0 Å². The number of phenols is 2. The molecule has 0 atom stereocenters. The quantitative estimate of drug-likeness (QED) is 0.730. The van der Waals surface area contributed by atoms with Gasteiger partial charge in [-0.25, -0.2) is 0 Å². The topological polar surface area (TPSA) is 40.5 Å². The molecule has 140 valence electrons. The van der Waals surface area contributed by atoms with Crippen molar-refractivity contribution in [3.63, 3.8) is 0 Å². The van der Waals surface area contributed by atoms with Gasteiger partial charge in [0, 0.05) is 0 Å². The van der Waals surface area contributed by atoms with E-state index in [1.807, 2.05) is 0 Å². The summed E-state index contributed by atoms with van der Waals surface area (Å²) in [4.78, 5) is 0. The van der Waals surface area contributed by atoms with Crippen LogP contribution in [-0.2, 0) is 10.8 Å². The van der Waals surface area contributed by atoms with Gasteiger partial charge in [-0.15, -0.1) is 0 Å². The Morgan fingerprint density at radius 3 is 1.27 bits per heavy atom. The fourth-order valence-electron chi connectivity index (χ4n) is 3.58. The molecule has 26 heavy (non-hydrogen) atoms. The standard InChI is InChI=1S/C23H31O2.Al.2H/c1-14-9-16(20(24)18(11-14)22(3,4)5)13-17-10-15(2)12-19(21(17)25)23(6,7)8;;;/h9-13,24-25H,1-8H3;;;. The summed E-state index contributed by atoms with van der Waals surface area (Å²) in [7, 11) is 0. The number of aromatic hydroxyl groups is 2. The minimum absolute atomic E-state index is 0.0389. The van der Waals surface area contributed by atoms with Gasteiger partial charge in [-0.2, -0.15) is 0 Å². The summed E-state index contributed by atoms with van der Waals surface area (Å²) in [6, 6.07) is 8.29. The van der Waals surface area contributed by atoms with Crippen molar-refractivity contribution < 1.29 is 10.2 Å². The highest BCUT2D eigenvalue weighted by atomic mass is 27.0. The summed E-state index contributed by atoms with van der Waals surface area (Å²) >= 11 is 0.807. The first kappa shape index (κ1) is 20.9. The molecule has 0 aliphatic heterocycles. The highest BCUT2D eigenvalue weighted by Gasteiger charge is 2.27. The van der Waals surface area contributed by atoms with Gasteiger partial charge in [-0.1, -0.05) is 76.9 Å². The SMILES string of the molecule is Cc1cc([CH]([AlH2])c2cc(C)cc(C(C)(C)C)c2O)c(O)c(C(C)(C)C)c1. The first-order chi connectivity index (χ1) is 11.7. The van der Waals surface area contributed by atoms with Gasteiger partial charge < -0.3 is 10.2 Å². The average Bonchev–Trinajstić information content (AvgIpc) is 2.48. The van der Waals surface area contributed by atoms with Gasteiger partial charge in [0.1, 0.15) is 11.5 Å². The van der Waals surface area contributed by atoms with Gasteiger partial charge in [-0.3, -0.25) is 0 Å². The third-order valence-corrected chi connectivity index (χ3v) is 6.36. The molecule has 3 heteroatoms. The Morgan fingerprint density at radius 1 is 0.692 bits per heavy atom. The van der Waals surface area contributed by atoms with Crippen LogP contribution in [0.25, 0.3) is 0 Å². The van der Waals surface area contributed by atoms with Gasteiger partial charge in [0.05, 0.1) is 0 Å². The van der Waals surface area contributed by atoms with E-state index in [2.05, 4.69) is 79.7 Å². The van der Waals surface area contributed by atoms with Gasteiger partial charge >= 0.3 is 0 Å². The summed E-state index contributed by atoms with van der Waals surface area (Å²) < 4.78 is 0.0389. The Morgan fingerprint density at radius 2 is 1.00 bits per heavy atom. The molecule has 0 spiro atoms. The predicted octanol–water partition coefficient (Wildman–Crippen LogP) is 5.03. The molecule has 0 aliphatic rings. The molecular formula is C23H33AlO2. The van der Waals surface area contributed by atoms with Gasteiger partial charge in [0.2, 0.25) is 16.3 Å². The van der Waals surface area contributed by atoms with E-state index in [0.29, 0.717) is 11.5 Å². The van der Waals surface area contributed by atoms with Crippen LogP contribution in [0.5, 0.6) is 11.5 Å². The molecule has 0 bridgehead atoms. The van der Waals surface area contributed by atoms with Crippen molar-refractivity contribution in [2.45, 2.75) is 71.0 Å². The summed E-state index contributed by atoms with van der Waals surface area (Å²) in [5.41, 5.74) is 5.84. The molecule has 2 aromatic carbocycles. The minimum atomic E-state index is -0.128. The van der Waals surface area contributed by atoms with Crippen LogP contribution in [0.4, 0.5) is 0 Å². The van der Waals surface area contributed by atoms with Crippen molar-refractivity contribution in [2.24, 2.45) is 0 Å². The van der Waals surface area contributed by atoms with E-state index in [1.54, 1.807) is 0 Å². The lowest BCUT2D eigenvalue weighted by molar-refractivity contribution is 0.434. The average molecular weight is 368 g/mol. The number of aryl methyl sites for hydroxylation is 2. The number of hydrogen-bond donors (Lipinski definition) is 2. The highest BCUT2D eigenvalue weighted by molar-refractivity contribution is 6.15. The first-order valence-electron chi connectivity index (χ1n) is 9.41. The van der Waals surface area contributed by atoms with Crippen LogP contribution in [0.15, 0.2) is 24.3 Å². The van der Waals surface area contributed by atoms with Crippen LogP contribution < -0.4 is 0 Å². The lowest BCUT2D eigenvalue weighted by Crippen LogP contribution is -2.15. The van der Waals surface area contributed by atoms with Crippen LogP contribution in [0.1, 0.15) is 79.7 Å². The van der Waals surface area contributed by atoms with Gasteiger partial charge in [0.15, 0.2) is 0 Å². The van der Waals surface area contributed by atoms with E-state index in [0.717, 1.165) is 49.7 Å². The molecule has 0 amide bonds. The molecule has 0 saturated heterocycles. The smallest absolute Gasteiger partial charge is 0.231 e. The summed E-state index contributed by atoms with van der Waals surface area (Å²) in [5.74, 6) is 0.752. The van der Waals surface area contributed by atoms with Crippen molar-refractivity contribution >= 4 is 16.3 Å². The fraction of sp³-hybridized carbons (Fsp3) is 0.478. The molecule has 0 radical (unpaired) electrons. The van der Waals surface area contributed by atoms with Crippen LogP contribution in [0.2, 0.25) is 0 Å². The second-order valence-corrected chi connectivity index (χ2v) is 10.9. The van der Waals surface area contributed by atoms with Crippen molar-refractivity contribution in [1.82, 2.24) is 0 Å². The number of benzene rings is 2. The lowest BCUT2D eigenvalue weighted by Gasteiger charge is -2.27. The first-order valence-corrected chi connectivity index (χ1v) is 10.6. The molecule has 0 fully saturated rings. The van der Waals surface area contributed by atoms with E-state index in [-0.39, 0.29) is 15.6 Å². The largest absolute Gasteiger partial charge is 0.507 e. The molecule has 2 aromatic rings. The Hall–Kier alpha value is -1.43. The Balaban J connectivity index is 2.70. The summed E-state index contributed by atoms with van der Waals surface area (Å²) in [6.45, 7) is 16.9. The molecule has 2 rings (SSSR count). The molecule has 0 saturated carbocycles. The molecule has 0 heterocycles. The van der Waals surface area contributed by atoms with Crippen molar-refractivity contribution in [3.05, 3.63) is 57.6 Å². The predicted molar refractivity (Wildman–Crippen MR) is 113 cm³/mol. The zero-order chi connectivity index (χ0) is 20.0. The maximum absolute atomic E-state index is 11.0. The molecule has 2 nitrogen and oxygen atoms in total. The number of phenolic OH excluding ortho intramolecular Hbond substituents is 2. The molecule has 0 aliphatic carbocycles. The van der Waals surface area contributed by atoms with E-state index in [1.165, 1.54) is 0 Å². The van der Waals surface area contributed by atoms with E-state index in [4.69, 9.17) is 0 Å². The lowest BCUT2D eigenvalue weighted by atomic mass is 9.81. The van der Waals surface area contributed by atoms with Gasteiger partial charge in [-0.05, 0) is 51.7 Å². The number of hydrogen-bond acceptors (Lipinski definition) is 2. The van der Waals surface area contributed by atoms with E-state index in [9.17, 15) is 10.2 Å². The third kappa shape index (κ3) is 4.11. The van der Waals surface area contributed by atoms with Crippen molar-refractivity contribution in [1.29, 1.82) is 0 Å². The monoisotopic (exact) mass is 368 g/mol. The van der Waals surface area contributed by atoms with Crippen LogP contribution >= 0.6 is 0 Å². The highest BCUT2D eigenvalue weighted by Crippen LogP contribution is 2.43. The zero-order valence-corrected chi connectivity index (χ0v) is 19.8. The van der Waals surface area contributed by atoms with Crippen LogP contribution in [0.3, 0.4) is 0 Å². The minimum Gasteiger partial charge on any atom is -0.507 e. The normalized spacial score (nSPS) is 12.7. The Labute approximate surface area is 166 Å². The van der Waals surface area contributed by atoms with Crippen LogP contribution in [-0.4, -0.2) is 26.5 Å². The molecule has 0 aromatic heterocycles. The second kappa shape index (κ2) is 6.95. The number of rotatable bonds is 2. The molecule has 2 N–H and O–H groups in total. The van der Waals surface area contributed by atoms with E-state index >= 15 is 0 Å². The Kier molecular flexibility index (Phi) is 5.58. The maximum Gasteiger partial charge on any atom is 0.231 e. The molecular weight excluding hydrogens is 335 g/mol. The third-order valence-electron chi connectivity index (χ3n) is 5.12. The van der Waals surface area contributed by atoms with Crippen LogP contribution in [0, 0.1) is 13.8 Å². The zero-order valence-electron chi connectivity index (χ0n) is 17.8. The van der Waals surface area contributed by atoms with Crippen molar-refractivity contribution in [2.75, 3.05) is 0 Å². The van der Waals surface area contributed by atoms with Crippen molar-refractivity contribution in [3.8, 4) is 11.5 Å². The fourth-order valence-corrected chi connectivity index (χ4v) is 4.46.